The highest BCUT2D eigenvalue weighted by molar-refractivity contribution is 8.00. The number of anilines is 1. The van der Waals surface area contributed by atoms with Crippen molar-refractivity contribution in [1.82, 2.24) is 9.97 Å². The average Bonchev–Trinajstić information content (AvgIpc) is 3.06. The summed E-state index contributed by atoms with van der Waals surface area (Å²) in [5.74, 6) is 1.41. The predicted molar refractivity (Wildman–Crippen MR) is 121 cm³/mol. The molecule has 2 heterocycles. The third-order valence-corrected chi connectivity index (χ3v) is 7.71. The molecule has 2 aromatic heterocycles. The molecule has 1 atom stereocenters. The Hall–Kier alpha value is -1.83. The van der Waals surface area contributed by atoms with Gasteiger partial charge in [-0.15, -0.1) is 11.3 Å². The van der Waals surface area contributed by atoms with Crippen molar-refractivity contribution in [3.63, 3.8) is 0 Å². The van der Waals surface area contributed by atoms with Crippen LogP contribution in [0.4, 0.5) is 5.69 Å². The molecule has 3 aromatic rings. The number of ether oxygens (including phenoxy) is 1. The lowest BCUT2D eigenvalue weighted by atomic mass is 9.89. The number of amides is 1. The van der Waals surface area contributed by atoms with Crippen LogP contribution in [0, 0.1) is 12.8 Å². The first-order valence-electron chi connectivity index (χ1n) is 9.48. The minimum atomic E-state index is -0.112. The summed E-state index contributed by atoms with van der Waals surface area (Å²) in [6.45, 7) is 4.19. The molecule has 1 aromatic carbocycles. The van der Waals surface area contributed by atoms with Gasteiger partial charge in [-0.25, -0.2) is 9.97 Å². The molecule has 8 heteroatoms. The molecule has 0 saturated heterocycles. The molecule has 0 saturated carbocycles. The number of hydrogen-bond acceptors (Lipinski definition) is 6. The molecule has 152 valence electrons. The highest BCUT2D eigenvalue weighted by Crippen LogP contribution is 2.40. The monoisotopic (exact) mass is 447 g/mol. The summed E-state index contributed by atoms with van der Waals surface area (Å²) in [6, 6.07) is 3.54. The lowest BCUT2D eigenvalue weighted by Crippen LogP contribution is -2.15. The summed E-state index contributed by atoms with van der Waals surface area (Å²) >= 11 is 9.37. The standard InChI is InChI=1S/C21H22ClN3O2S2/c1-11-4-5-13-17(6-11)29-21-19(13)20(23-10-24-21)28-9-18(26)25-15-7-12(2)14(22)8-16(15)27-3/h7-8,10-11H,4-6,9H2,1-3H3,(H,25,26). The maximum Gasteiger partial charge on any atom is 0.234 e. The second kappa shape index (κ2) is 8.50. The van der Waals surface area contributed by atoms with Crippen LogP contribution >= 0.6 is 34.7 Å². The van der Waals surface area contributed by atoms with E-state index in [1.807, 2.05) is 13.0 Å². The van der Waals surface area contributed by atoms with Crippen molar-refractivity contribution in [3.05, 3.63) is 39.5 Å². The fraction of sp³-hybridized carbons (Fsp3) is 0.381. The van der Waals surface area contributed by atoms with Crippen LogP contribution in [0.1, 0.15) is 29.3 Å². The Balaban J connectivity index is 1.52. The van der Waals surface area contributed by atoms with Gasteiger partial charge < -0.3 is 10.1 Å². The Kier molecular flexibility index (Phi) is 5.99. The predicted octanol–water partition coefficient (Wildman–Crippen LogP) is 5.52. The summed E-state index contributed by atoms with van der Waals surface area (Å²) in [5, 5.41) is 5.55. The number of carbonyl (C=O) groups excluding carboxylic acids is 1. The zero-order valence-electron chi connectivity index (χ0n) is 16.5. The van der Waals surface area contributed by atoms with Crippen molar-refractivity contribution in [2.24, 2.45) is 5.92 Å². The lowest BCUT2D eigenvalue weighted by Gasteiger charge is -2.18. The van der Waals surface area contributed by atoms with Crippen LogP contribution in [0.15, 0.2) is 23.5 Å². The molecule has 0 radical (unpaired) electrons. The van der Waals surface area contributed by atoms with E-state index in [9.17, 15) is 4.79 Å². The molecule has 0 aliphatic heterocycles. The molecule has 5 nitrogen and oxygen atoms in total. The van der Waals surface area contributed by atoms with Crippen LogP contribution in [-0.2, 0) is 17.6 Å². The number of halogens is 1. The molecule has 4 rings (SSSR count). The number of thioether (sulfide) groups is 1. The lowest BCUT2D eigenvalue weighted by molar-refractivity contribution is -0.113. The van der Waals surface area contributed by atoms with Crippen LogP contribution in [0.2, 0.25) is 5.02 Å². The maximum absolute atomic E-state index is 12.6. The Morgan fingerprint density at radius 2 is 2.24 bits per heavy atom. The number of methoxy groups -OCH3 is 1. The van der Waals surface area contributed by atoms with E-state index in [-0.39, 0.29) is 11.7 Å². The number of thiophene rings is 1. The molecular formula is C21H22ClN3O2S2. The van der Waals surface area contributed by atoms with Crippen LogP contribution in [0.25, 0.3) is 10.2 Å². The van der Waals surface area contributed by atoms with Crippen LogP contribution in [-0.4, -0.2) is 28.7 Å². The van der Waals surface area contributed by atoms with E-state index in [2.05, 4.69) is 22.2 Å². The number of fused-ring (bicyclic) bond motifs is 3. The van der Waals surface area contributed by atoms with Crippen molar-refractivity contribution < 1.29 is 9.53 Å². The minimum Gasteiger partial charge on any atom is -0.495 e. The van der Waals surface area contributed by atoms with Crippen molar-refractivity contribution in [2.75, 3.05) is 18.2 Å². The number of carbonyl (C=O) groups is 1. The topological polar surface area (TPSA) is 64.1 Å². The SMILES string of the molecule is COc1cc(Cl)c(C)cc1NC(=O)CSc1ncnc2sc3c(c12)CCC(C)C3. The van der Waals surface area contributed by atoms with Crippen molar-refractivity contribution >= 4 is 56.5 Å². The first-order valence-corrected chi connectivity index (χ1v) is 11.7. The van der Waals surface area contributed by atoms with Crippen LogP contribution < -0.4 is 10.1 Å². The number of hydrogen-bond donors (Lipinski definition) is 1. The Morgan fingerprint density at radius 3 is 3.03 bits per heavy atom. The van der Waals surface area contributed by atoms with Gasteiger partial charge in [0.05, 0.1) is 18.6 Å². The van der Waals surface area contributed by atoms with Gasteiger partial charge in [0.2, 0.25) is 5.91 Å². The fourth-order valence-electron chi connectivity index (χ4n) is 3.61. The smallest absolute Gasteiger partial charge is 0.234 e. The van der Waals surface area contributed by atoms with Crippen LogP contribution in [0.5, 0.6) is 5.75 Å². The van der Waals surface area contributed by atoms with Crippen molar-refractivity contribution in [3.8, 4) is 5.75 Å². The van der Waals surface area contributed by atoms with E-state index in [1.54, 1.807) is 30.8 Å². The number of rotatable bonds is 5. The molecule has 1 amide bonds. The normalized spacial score (nSPS) is 15.9. The Morgan fingerprint density at radius 1 is 1.41 bits per heavy atom. The minimum absolute atomic E-state index is 0.112. The van der Waals surface area contributed by atoms with Gasteiger partial charge in [-0.2, -0.15) is 0 Å². The van der Waals surface area contributed by atoms with Gasteiger partial charge >= 0.3 is 0 Å². The number of nitrogens with one attached hydrogen (secondary N) is 1. The molecule has 29 heavy (non-hydrogen) atoms. The van der Waals surface area contributed by atoms with Crippen molar-refractivity contribution in [2.45, 2.75) is 38.1 Å². The number of aromatic nitrogens is 2. The van der Waals surface area contributed by atoms with E-state index in [4.69, 9.17) is 16.3 Å². The second-order valence-electron chi connectivity index (χ2n) is 7.35. The summed E-state index contributed by atoms with van der Waals surface area (Å²) < 4.78 is 5.34. The van der Waals surface area contributed by atoms with E-state index in [0.29, 0.717) is 22.4 Å². The van der Waals surface area contributed by atoms with E-state index in [1.165, 1.54) is 28.6 Å². The Bertz CT molecular complexity index is 1080. The molecule has 1 aliphatic carbocycles. The maximum atomic E-state index is 12.6. The van der Waals surface area contributed by atoms with Gasteiger partial charge in [-0.3, -0.25) is 4.79 Å². The number of aryl methyl sites for hydroxylation is 2. The molecule has 0 fully saturated rings. The molecule has 1 aliphatic rings. The second-order valence-corrected chi connectivity index (χ2v) is 9.80. The quantitative estimate of drug-likeness (QED) is 0.412. The summed E-state index contributed by atoms with van der Waals surface area (Å²) in [6.07, 6.45) is 4.95. The highest BCUT2D eigenvalue weighted by atomic mass is 35.5. The zero-order valence-corrected chi connectivity index (χ0v) is 18.9. The molecule has 1 N–H and O–H groups in total. The van der Waals surface area contributed by atoms with Gasteiger partial charge in [-0.1, -0.05) is 30.3 Å². The first-order chi connectivity index (χ1) is 14.0. The van der Waals surface area contributed by atoms with Gasteiger partial charge in [0.1, 0.15) is 21.9 Å². The Labute approximate surface area is 183 Å². The average molecular weight is 448 g/mol. The largest absolute Gasteiger partial charge is 0.495 e. The van der Waals surface area contributed by atoms with E-state index in [0.717, 1.165) is 33.6 Å². The molecule has 1 unspecified atom stereocenters. The van der Waals surface area contributed by atoms with E-state index < -0.39 is 0 Å². The van der Waals surface area contributed by atoms with Gasteiger partial charge in [0, 0.05) is 21.4 Å². The third kappa shape index (κ3) is 4.22. The van der Waals surface area contributed by atoms with Crippen molar-refractivity contribution in [1.29, 1.82) is 0 Å². The first kappa shape index (κ1) is 20.4. The summed E-state index contributed by atoms with van der Waals surface area (Å²) in [7, 11) is 1.56. The third-order valence-electron chi connectivity index (χ3n) is 5.15. The fourth-order valence-corrected chi connectivity index (χ4v) is 6.00. The number of benzene rings is 1. The molecule has 0 spiro atoms. The summed E-state index contributed by atoms with van der Waals surface area (Å²) in [5.41, 5.74) is 2.88. The van der Waals surface area contributed by atoms with E-state index >= 15 is 0 Å². The van der Waals surface area contributed by atoms with Crippen LogP contribution in [0.3, 0.4) is 0 Å². The van der Waals surface area contributed by atoms with Gasteiger partial charge in [-0.05, 0) is 49.3 Å². The number of nitrogens with zero attached hydrogens (tertiary/aromatic N) is 2. The van der Waals surface area contributed by atoms with Gasteiger partial charge in [0.25, 0.3) is 0 Å². The highest BCUT2D eigenvalue weighted by Gasteiger charge is 2.23. The molecular weight excluding hydrogens is 426 g/mol. The van der Waals surface area contributed by atoms with Gasteiger partial charge in [0.15, 0.2) is 0 Å². The molecule has 0 bridgehead atoms. The zero-order chi connectivity index (χ0) is 20.5. The summed E-state index contributed by atoms with van der Waals surface area (Å²) in [4.78, 5) is 24.0.